The first-order valence-corrected chi connectivity index (χ1v) is 6.76. The summed E-state index contributed by atoms with van der Waals surface area (Å²) in [5, 5.41) is 12.6. The van der Waals surface area contributed by atoms with E-state index in [9.17, 15) is 9.90 Å². The van der Waals surface area contributed by atoms with Crippen molar-refractivity contribution in [2.75, 3.05) is 11.9 Å². The molecule has 20 heavy (non-hydrogen) atoms. The SMILES string of the molecule is CC(CCN)c1ccc(NC(=O)OC(C)(C)C)cc1O. The molecule has 0 spiro atoms. The zero-order valence-electron chi connectivity index (χ0n) is 12.6. The molecule has 1 unspecified atom stereocenters. The van der Waals surface area contributed by atoms with Crippen LogP contribution < -0.4 is 11.1 Å². The first-order valence-electron chi connectivity index (χ1n) is 6.76. The lowest BCUT2D eigenvalue weighted by Gasteiger charge is -2.20. The van der Waals surface area contributed by atoms with Gasteiger partial charge in [-0.1, -0.05) is 13.0 Å². The predicted molar refractivity (Wildman–Crippen MR) is 80.0 cm³/mol. The smallest absolute Gasteiger partial charge is 0.412 e. The highest BCUT2D eigenvalue weighted by atomic mass is 16.6. The van der Waals surface area contributed by atoms with Crippen LogP contribution in [0.2, 0.25) is 0 Å². The number of ether oxygens (including phenoxy) is 1. The Kier molecular flexibility index (Phi) is 5.39. The zero-order valence-corrected chi connectivity index (χ0v) is 12.6. The van der Waals surface area contributed by atoms with Crippen LogP contribution in [0, 0.1) is 0 Å². The Balaban J connectivity index is 2.75. The molecule has 1 atom stereocenters. The Morgan fingerprint density at radius 2 is 2.10 bits per heavy atom. The molecule has 0 saturated heterocycles. The van der Waals surface area contributed by atoms with E-state index in [1.807, 2.05) is 6.92 Å². The molecule has 1 amide bonds. The molecule has 0 radical (unpaired) electrons. The lowest BCUT2D eigenvalue weighted by atomic mass is 9.96. The second-order valence-electron chi connectivity index (χ2n) is 5.88. The van der Waals surface area contributed by atoms with Gasteiger partial charge in [-0.25, -0.2) is 4.79 Å². The summed E-state index contributed by atoms with van der Waals surface area (Å²) in [7, 11) is 0. The van der Waals surface area contributed by atoms with Crippen LogP contribution >= 0.6 is 0 Å². The number of nitrogens with two attached hydrogens (primary N) is 1. The molecular formula is C15H24N2O3. The van der Waals surface area contributed by atoms with Crippen molar-refractivity contribution in [1.82, 2.24) is 0 Å². The van der Waals surface area contributed by atoms with Gasteiger partial charge >= 0.3 is 6.09 Å². The highest BCUT2D eigenvalue weighted by Gasteiger charge is 2.17. The first-order chi connectivity index (χ1) is 9.23. The summed E-state index contributed by atoms with van der Waals surface area (Å²) in [5.41, 5.74) is 6.29. The minimum absolute atomic E-state index is 0.152. The maximum atomic E-state index is 11.6. The van der Waals surface area contributed by atoms with Gasteiger partial charge in [0, 0.05) is 11.8 Å². The molecule has 0 bridgehead atoms. The van der Waals surface area contributed by atoms with E-state index in [1.54, 1.807) is 32.9 Å². The molecule has 1 rings (SSSR count). The second kappa shape index (κ2) is 6.61. The fourth-order valence-electron chi connectivity index (χ4n) is 1.87. The summed E-state index contributed by atoms with van der Waals surface area (Å²) in [6, 6.07) is 5.06. The standard InChI is InChI=1S/C15H24N2O3/c1-10(7-8-16)12-6-5-11(9-13(12)18)17-14(19)20-15(2,3)4/h5-6,9-10,18H,7-8,16H2,1-4H3,(H,17,19). The maximum absolute atomic E-state index is 11.6. The molecule has 0 aliphatic carbocycles. The molecule has 0 fully saturated rings. The average molecular weight is 280 g/mol. The first kappa shape index (κ1) is 16.3. The minimum Gasteiger partial charge on any atom is -0.508 e. The predicted octanol–water partition coefficient (Wildman–Crippen LogP) is 3.19. The summed E-state index contributed by atoms with van der Waals surface area (Å²) in [6.07, 6.45) is 0.256. The summed E-state index contributed by atoms with van der Waals surface area (Å²) in [5.74, 6) is 0.329. The molecule has 1 aromatic rings. The van der Waals surface area contributed by atoms with E-state index in [1.165, 1.54) is 6.07 Å². The molecule has 5 heteroatoms. The van der Waals surface area contributed by atoms with Gasteiger partial charge in [-0.3, -0.25) is 5.32 Å². The normalized spacial score (nSPS) is 12.8. The molecule has 5 nitrogen and oxygen atoms in total. The lowest BCUT2D eigenvalue weighted by molar-refractivity contribution is 0.0636. The van der Waals surface area contributed by atoms with Gasteiger partial charge in [-0.15, -0.1) is 0 Å². The number of rotatable bonds is 4. The van der Waals surface area contributed by atoms with E-state index >= 15 is 0 Å². The van der Waals surface area contributed by atoms with Crippen molar-refractivity contribution in [3.8, 4) is 5.75 Å². The largest absolute Gasteiger partial charge is 0.508 e. The Hall–Kier alpha value is -1.75. The molecular weight excluding hydrogens is 256 g/mol. The van der Waals surface area contributed by atoms with Crippen LogP contribution in [0.15, 0.2) is 18.2 Å². The second-order valence-corrected chi connectivity index (χ2v) is 5.88. The van der Waals surface area contributed by atoms with Crippen molar-refractivity contribution in [2.45, 2.75) is 45.6 Å². The molecule has 4 N–H and O–H groups in total. The Morgan fingerprint density at radius 1 is 1.45 bits per heavy atom. The fraction of sp³-hybridized carbons (Fsp3) is 0.533. The van der Waals surface area contributed by atoms with Crippen LogP contribution in [0.5, 0.6) is 5.75 Å². The molecule has 0 aromatic heterocycles. The van der Waals surface area contributed by atoms with E-state index in [4.69, 9.17) is 10.5 Å². The zero-order chi connectivity index (χ0) is 15.3. The Morgan fingerprint density at radius 3 is 2.60 bits per heavy atom. The van der Waals surface area contributed by atoms with E-state index in [0.717, 1.165) is 12.0 Å². The molecule has 0 aliphatic heterocycles. The van der Waals surface area contributed by atoms with Crippen LogP contribution in [0.4, 0.5) is 10.5 Å². The Labute approximate surface area is 120 Å². The van der Waals surface area contributed by atoms with Gasteiger partial charge in [-0.05, 0) is 51.3 Å². The van der Waals surface area contributed by atoms with Crippen LogP contribution in [-0.4, -0.2) is 23.3 Å². The van der Waals surface area contributed by atoms with Gasteiger partial charge in [0.15, 0.2) is 0 Å². The number of phenolic OH excluding ortho intramolecular Hbond substituents is 1. The minimum atomic E-state index is -0.554. The van der Waals surface area contributed by atoms with Gasteiger partial charge in [0.25, 0.3) is 0 Å². The van der Waals surface area contributed by atoms with Crippen molar-refractivity contribution in [3.05, 3.63) is 23.8 Å². The maximum Gasteiger partial charge on any atom is 0.412 e. The van der Waals surface area contributed by atoms with Crippen molar-refractivity contribution >= 4 is 11.8 Å². The van der Waals surface area contributed by atoms with Crippen LogP contribution in [0.3, 0.4) is 0 Å². The quantitative estimate of drug-likeness (QED) is 0.790. The summed E-state index contributed by atoms with van der Waals surface area (Å²) in [4.78, 5) is 11.6. The summed E-state index contributed by atoms with van der Waals surface area (Å²) < 4.78 is 5.15. The van der Waals surface area contributed by atoms with Gasteiger partial charge < -0.3 is 15.6 Å². The topological polar surface area (TPSA) is 84.6 Å². The molecule has 0 saturated carbocycles. The number of hydrogen-bond donors (Lipinski definition) is 3. The number of amides is 1. The summed E-state index contributed by atoms with van der Waals surface area (Å²) >= 11 is 0. The van der Waals surface area contributed by atoms with Gasteiger partial charge in [0.05, 0.1) is 0 Å². The third kappa shape index (κ3) is 5.09. The number of benzene rings is 1. The van der Waals surface area contributed by atoms with Crippen LogP contribution in [-0.2, 0) is 4.74 Å². The van der Waals surface area contributed by atoms with Crippen molar-refractivity contribution < 1.29 is 14.6 Å². The number of carbonyl (C=O) groups excluding carboxylic acids is 1. The van der Waals surface area contributed by atoms with E-state index in [-0.39, 0.29) is 11.7 Å². The van der Waals surface area contributed by atoms with E-state index < -0.39 is 11.7 Å². The number of aromatic hydroxyl groups is 1. The molecule has 112 valence electrons. The highest BCUT2D eigenvalue weighted by molar-refractivity contribution is 5.85. The molecule has 1 aromatic carbocycles. The van der Waals surface area contributed by atoms with E-state index in [0.29, 0.717) is 12.2 Å². The summed E-state index contributed by atoms with van der Waals surface area (Å²) in [6.45, 7) is 7.95. The highest BCUT2D eigenvalue weighted by Crippen LogP contribution is 2.30. The monoisotopic (exact) mass is 280 g/mol. The van der Waals surface area contributed by atoms with Gasteiger partial charge in [-0.2, -0.15) is 0 Å². The third-order valence-corrected chi connectivity index (χ3v) is 2.81. The number of phenols is 1. The number of hydrogen-bond acceptors (Lipinski definition) is 4. The van der Waals surface area contributed by atoms with Gasteiger partial charge in [0.1, 0.15) is 11.4 Å². The lowest BCUT2D eigenvalue weighted by Crippen LogP contribution is -2.27. The molecule has 0 aliphatic rings. The van der Waals surface area contributed by atoms with Crippen molar-refractivity contribution in [3.63, 3.8) is 0 Å². The number of carbonyl (C=O) groups is 1. The van der Waals surface area contributed by atoms with Gasteiger partial charge in [0.2, 0.25) is 0 Å². The van der Waals surface area contributed by atoms with Crippen molar-refractivity contribution in [2.24, 2.45) is 5.73 Å². The average Bonchev–Trinajstić information content (AvgIpc) is 2.26. The van der Waals surface area contributed by atoms with E-state index in [2.05, 4.69) is 5.32 Å². The van der Waals surface area contributed by atoms with Crippen LogP contribution in [0.25, 0.3) is 0 Å². The van der Waals surface area contributed by atoms with Crippen molar-refractivity contribution in [1.29, 1.82) is 0 Å². The third-order valence-electron chi connectivity index (χ3n) is 2.81. The number of anilines is 1. The Bertz CT molecular complexity index is 467. The van der Waals surface area contributed by atoms with Crippen LogP contribution in [0.1, 0.15) is 45.6 Å². The fourth-order valence-corrected chi connectivity index (χ4v) is 1.87. The molecule has 0 heterocycles. The number of nitrogens with one attached hydrogen (secondary N) is 1.